The van der Waals surface area contributed by atoms with E-state index in [-0.39, 0.29) is 18.0 Å². The highest BCUT2D eigenvalue weighted by Crippen LogP contribution is 2.17. The highest BCUT2D eigenvalue weighted by Gasteiger charge is 2.16. The predicted molar refractivity (Wildman–Crippen MR) is 92.0 cm³/mol. The Kier molecular flexibility index (Phi) is 5.34. The van der Waals surface area contributed by atoms with Gasteiger partial charge in [-0.15, -0.1) is 0 Å². The predicted octanol–water partition coefficient (Wildman–Crippen LogP) is 3.98. The zero-order valence-corrected chi connectivity index (χ0v) is 13.7. The number of carbonyl (C=O) groups is 1. The van der Waals surface area contributed by atoms with Gasteiger partial charge in [0.25, 0.3) is 0 Å². The molecule has 3 heteroatoms. The lowest BCUT2D eigenvalue weighted by atomic mass is 10.1. The maximum Gasteiger partial charge on any atom is 0.241 e. The molecule has 0 unspecified atom stereocenters. The van der Waals surface area contributed by atoms with Crippen molar-refractivity contribution in [2.45, 2.75) is 39.8 Å². The Hall–Kier alpha value is -2.13. The van der Waals surface area contributed by atoms with Gasteiger partial charge in [-0.25, -0.2) is 0 Å². The number of carbonyl (C=O) groups excluding carboxylic acids is 1. The lowest BCUT2D eigenvalue weighted by molar-refractivity contribution is -0.117. The molecule has 2 N–H and O–H groups in total. The topological polar surface area (TPSA) is 41.1 Å². The van der Waals surface area contributed by atoms with Gasteiger partial charge in [0.1, 0.15) is 0 Å². The van der Waals surface area contributed by atoms with Crippen molar-refractivity contribution in [3.05, 3.63) is 65.2 Å². The number of amides is 1. The molecule has 2 aromatic rings. The molecule has 0 fully saturated rings. The molecule has 2 aromatic carbocycles. The summed E-state index contributed by atoms with van der Waals surface area (Å²) in [6.45, 7) is 8.01. The van der Waals surface area contributed by atoms with Gasteiger partial charge in [0.05, 0.1) is 6.04 Å². The summed E-state index contributed by atoms with van der Waals surface area (Å²) in [6.07, 6.45) is 0. The van der Waals surface area contributed by atoms with Crippen molar-refractivity contribution in [1.29, 1.82) is 0 Å². The lowest BCUT2D eigenvalue weighted by Gasteiger charge is -2.20. The zero-order chi connectivity index (χ0) is 16.1. The Labute approximate surface area is 132 Å². The van der Waals surface area contributed by atoms with E-state index in [2.05, 4.69) is 35.8 Å². The highest BCUT2D eigenvalue weighted by atomic mass is 16.2. The van der Waals surface area contributed by atoms with Crippen molar-refractivity contribution in [2.75, 3.05) is 5.32 Å². The molecule has 0 bridgehead atoms. The van der Waals surface area contributed by atoms with Crippen LogP contribution in [0.15, 0.2) is 48.5 Å². The molecular weight excluding hydrogens is 272 g/mol. The molecule has 0 saturated carbocycles. The molecule has 1 amide bonds. The zero-order valence-electron chi connectivity index (χ0n) is 13.7. The number of hydrogen-bond acceptors (Lipinski definition) is 2. The van der Waals surface area contributed by atoms with Crippen LogP contribution < -0.4 is 10.6 Å². The standard InChI is InChI=1S/C19H24N2O/c1-13-10-11-18(14(2)12-13)21-19(22)16(4)20-15(3)17-8-6-5-7-9-17/h5-12,15-16,20H,1-4H3,(H,21,22)/t15-,16+/m1/s1. The second-order valence-electron chi connectivity index (χ2n) is 5.83. The van der Waals surface area contributed by atoms with Crippen LogP contribution in [-0.4, -0.2) is 11.9 Å². The van der Waals surface area contributed by atoms with Gasteiger partial charge in [-0.3, -0.25) is 10.1 Å². The summed E-state index contributed by atoms with van der Waals surface area (Å²) < 4.78 is 0. The van der Waals surface area contributed by atoms with Crippen LogP contribution in [-0.2, 0) is 4.79 Å². The molecular formula is C19H24N2O. The third-order valence-electron chi connectivity index (χ3n) is 3.83. The summed E-state index contributed by atoms with van der Waals surface area (Å²) in [6, 6.07) is 16.0. The second-order valence-corrected chi connectivity index (χ2v) is 5.83. The molecule has 0 aliphatic carbocycles. The van der Waals surface area contributed by atoms with Gasteiger partial charge in [-0.2, -0.15) is 0 Å². The number of benzene rings is 2. The minimum atomic E-state index is -0.268. The van der Waals surface area contributed by atoms with Crippen molar-refractivity contribution in [2.24, 2.45) is 0 Å². The van der Waals surface area contributed by atoms with Crippen molar-refractivity contribution in [3.8, 4) is 0 Å². The van der Waals surface area contributed by atoms with Crippen LogP contribution in [0, 0.1) is 13.8 Å². The maximum absolute atomic E-state index is 12.3. The molecule has 116 valence electrons. The van der Waals surface area contributed by atoms with Crippen molar-refractivity contribution < 1.29 is 4.79 Å². The fraction of sp³-hybridized carbons (Fsp3) is 0.316. The van der Waals surface area contributed by atoms with Crippen LogP contribution in [0.5, 0.6) is 0 Å². The average molecular weight is 296 g/mol. The Morgan fingerprint density at radius 1 is 1.00 bits per heavy atom. The van der Waals surface area contributed by atoms with Gasteiger partial charge in [0.15, 0.2) is 0 Å². The van der Waals surface area contributed by atoms with Crippen LogP contribution in [0.4, 0.5) is 5.69 Å². The third-order valence-corrected chi connectivity index (χ3v) is 3.83. The van der Waals surface area contributed by atoms with Gasteiger partial charge in [0, 0.05) is 11.7 Å². The Morgan fingerprint density at radius 2 is 1.68 bits per heavy atom. The molecule has 0 aliphatic rings. The van der Waals surface area contributed by atoms with Gasteiger partial charge < -0.3 is 5.32 Å². The van der Waals surface area contributed by atoms with Crippen LogP contribution in [0.1, 0.15) is 36.6 Å². The van der Waals surface area contributed by atoms with E-state index < -0.39 is 0 Å². The summed E-state index contributed by atoms with van der Waals surface area (Å²) in [5.74, 6) is -0.0188. The monoisotopic (exact) mass is 296 g/mol. The molecule has 0 heterocycles. The Bertz CT molecular complexity index is 637. The van der Waals surface area contributed by atoms with Crippen LogP contribution in [0.3, 0.4) is 0 Å². The summed E-state index contributed by atoms with van der Waals surface area (Å²) in [5, 5.41) is 6.33. The second kappa shape index (κ2) is 7.23. The molecule has 2 atom stereocenters. The quantitative estimate of drug-likeness (QED) is 0.876. The number of aryl methyl sites for hydroxylation is 2. The largest absolute Gasteiger partial charge is 0.324 e. The van der Waals surface area contributed by atoms with Crippen LogP contribution >= 0.6 is 0 Å². The van der Waals surface area contributed by atoms with Crippen LogP contribution in [0.25, 0.3) is 0 Å². The first-order valence-corrected chi connectivity index (χ1v) is 7.66. The smallest absolute Gasteiger partial charge is 0.241 e. The molecule has 0 radical (unpaired) electrons. The first-order valence-electron chi connectivity index (χ1n) is 7.66. The summed E-state index contributed by atoms with van der Waals surface area (Å²) in [5.41, 5.74) is 4.32. The van der Waals surface area contributed by atoms with Gasteiger partial charge in [-0.05, 0) is 44.9 Å². The van der Waals surface area contributed by atoms with E-state index in [9.17, 15) is 4.79 Å². The van der Waals surface area contributed by atoms with Gasteiger partial charge >= 0.3 is 0 Å². The maximum atomic E-state index is 12.3. The van der Waals surface area contributed by atoms with E-state index in [1.807, 2.05) is 51.1 Å². The van der Waals surface area contributed by atoms with E-state index in [1.54, 1.807) is 0 Å². The van der Waals surface area contributed by atoms with Gasteiger partial charge in [-0.1, -0.05) is 48.0 Å². The SMILES string of the molecule is Cc1ccc(NC(=O)[C@H](C)N[C@H](C)c2ccccc2)c(C)c1. The fourth-order valence-corrected chi connectivity index (χ4v) is 2.48. The first kappa shape index (κ1) is 16.2. The van der Waals surface area contributed by atoms with E-state index in [4.69, 9.17) is 0 Å². The molecule has 22 heavy (non-hydrogen) atoms. The summed E-state index contributed by atoms with van der Waals surface area (Å²) >= 11 is 0. The van der Waals surface area contributed by atoms with E-state index in [0.29, 0.717) is 0 Å². The van der Waals surface area contributed by atoms with Crippen molar-refractivity contribution >= 4 is 11.6 Å². The van der Waals surface area contributed by atoms with E-state index in [1.165, 1.54) is 11.1 Å². The Morgan fingerprint density at radius 3 is 2.32 bits per heavy atom. The fourth-order valence-electron chi connectivity index (χ4n) is 2.48. The highest BCUT2D eigenvalue weighted by molar-refractivity contribution is 5.95. The van der Waals surface area contributed by atoms with Gasteiger partial charge in [0.2, 0.25) is 5.91 Å². The van der Waals surface area contributed by atoms with Crippen molar-refractivity contribution in [3.63, 3.8) is 0 Å². The number of hydrogen-bond donors (Lipinski definition) is 2. The molecule has 0 aromatic heterocycles. The summed E-state index contributed by atoms with van der Waals surface area (Å²) in [4.78, 5) is 12.3. The number of nitrogens with one attached hydrogen (secondary N) is 2. The average Bonchev–Trinajstić information content (AvgIpc) is 2.50. The van der Waals surface area contributed by atoms with E-state index >= 15 is 0 Å². The number of anilines is 1. The van der Waals surface area contributed by atoms with Crippen LogP contribution in [0.2, 0.25) is 0 Å². The molecule has 2 rings (SSSR count). The molecule has 0 spiro atoms. The minimum absolute atomic E-state index is 0.0188. The normalized spacial score (nSPS) is 13.5. The summed E-state index contributed by atoms with van der Waals surface area (Å²) in [7, 11) is 0. The number of rotatable bonds is 5. The lowest BCUT2D eigenvalue weighted by Crippen LogP contribution is -2.39. The molecule has 0 aliphatic heterocycles. The molecule has 0 saturated heterocycles. The molecule has 3 nitrogen and oxygen atoms in total. The Balaban J connectivity index is 1.97. The first-order chi connectivity index (χ1) is 10.5. The van der Waals surface area contributed by atoms with E-state index in [0.717, 1.165) is 11.3 Å². The van der Waals surface area contributed by atoms with Crippen molar-refractivity contribution in [1.82, 2.24) is 5.32 Å². The minimum Gasteiger partial charge on any atom is -0.324 e. The third kappa shape index (κ3) is 4.18.